The van der Waals surface area contributed by atoms with Crippen molar-refractivity contribution in [1.82, 2.24) is 5.32 Å². The van der Waals surface area contributed by atoms with E-state index in [0.717, 1.165) is 5.69 Å². The SMILES string of the molecule is Cl.NCCNC(=O)C1CC(=O)N(c2ccccc2)C1. The largest absolute Gasteiger partial charge is 0.355 e. The number of benzene rings is 1. The summed E-state index contributed by atoms with van der Waals surface area (Å²) in [4.78, 5) is 25.3. The van der Waals surface area contributed by atoms with Crippen LogP contribution in [0.4, 0.5) is 5.69 Å². The van der Waals surface area contributed by atoms with Crippen molar-refractivity contribution in [3.8, 4) is 0 Å². The van der Waals surface area contributed by atoms with Crippen LogP contribution in [0.2, 0.25) is 0 Å². The average Bonchev–Trinajstić information content (AvgIpc) is 2.79. The maximum absolute atomic E-state index is 11.9. The second kappa shape index (κ2) is 7.11. The van der Waals surface area contributed by atoms with Crippen molar-refractivity contribution in [1.29, 1.82) is 0 Å². The van der Waals surface area contributed by atoms with Crippen molar-refractivity contribution in [2.45, 2.75) is 6.42 Å². The summed E-state index contributed by atoms with van der Waals surface area (Å²) in [5.41, 5.74) is 6.17. The molecular weight excluding hydrogens is 266 g/mol. The van der Waals surface area contributed by atoms with Crippen LogP contribution in [0.15, 0.2) is 30.3 Å². The van der Waals surface area contributed by atoms with Gasteiger partial charge in [-0.3, -0.25) is 9.59 Å². The Kier molecular flexibility index (Phi) is 5.79. The van der Waals surface area contributed by atoms with Crippen molar-refractivity contribution < 1.29 is 9.59 Å². The van der Waals surface area contributed by atoms with E-state index in [2.05, 4.69) is 5.32 Å². The first-order valence-corrected chi connectivity index (χ1v) is 6.05. The van der Waals surface area contributed by atoms with Crippen molar-refractivity contribution >= 4 is 29.9 Å². The van der Waals surface area contributed by atoms with Gasteiger partial charge < -0.3 is 16.0 Å². The monoisotopic (exact) mass is 283 g/mol. The van der Waals surface area contributed by atoms with Crippen LogP contribution < -0.4 is 16.0 Å². The summed E-state index contributed by atoms with van der Waals surface area (Å²) in [6, 6.07) is 9.40. The normalized spacial score (nSPS) is 18.1. The number of nitrogens with two attached hydrogens (primary N) is 1. The number of nitrogens with zero attached hydrogens (tertiary/aromatic N) is 1. The first kappa shape index (κ1) is 15.5. The molecule has 1 fully saturated rings. The van der Waals surface area contributed by atoms with Crippen LogP contribution in [0, 0.1) is 5.92 Å². The standard InChI is InChI=1S/C13H17N3O2.ClH/c14-6-7-15-13(18)10-8-12(17)16(9-10)11-4-2-1-3-5-11;/h1-5,10H,6-9,14H2,(H,15,18);1H. The smallest absolute Gasteiger partial charge is 0.227 e. The van der Waals surface area contributed by atoms with Gasteiger partial charge in [0.05, 0.1) is 5.92 Å². The molecule has 1 aliphatic rings. The number of carbonyl (C=O) groups is 2. The molecule has 0 saturated carbocycles. The average molecular weight is 284 g/mol. The molecule has 6 heteroatoms. The molecule has 104 valence electrons. The Morgan fingerprint density at radius 3 is 2.68 bits per heavy atom. The lowest BCUT2D eigenvalue weighted by molar-refractivity contribution is -0.126. The lowest BCUT2D eigenvalue weighted by Gasteiger charge is -2.16. The maximum Gasteiger partial charge on any atom is 0.227 e. The molecule has 1 aliphatic heterocycles. The zero-order valence-corrected chi connectivity index (χ0v) is 11.4. The van der Waals surface area contributed by atoms with Crippen LogP contribution in [0.5, 0.6) is 0 Å². The van der Waals surface area contributed by atoms with E-state index in [1.165, 1.54) is 0 Å². The van der Waals surface area contributed by atoms with Gasteiger partial charge in [0.1, 0.15) is 0 Å². The van der Waals surface area contributed by atoms with E-state index in [1.54, 1.807) is 4.90 Å². The van der Waals surface area contributed by atoms with Crippen molar-refractivity contribution in [3.05, 3.63) is 30.3 Å². The first-order chi connectivity index (χ1) is 8.72. The van der Waals surface area contributed by atoms with Gasteiger partial charge in [-0.25, -0.2) is 0 Å². The highest BCUT2D eigenvalue weighted by atomic mass is 35.5. The van der Waals surface area contributed by atoms with E-state index in [0.29, 0.717) is 19.6 Å². The molecular formula is C13H18ClN3O2. The van der Waals surface area contributed by atoms with Gasteiger partial charge >= 0.3 is 0 Å². The molecule has 0 aliphatic carbocycles. The van der Waals surface area contributed by atoms with Crippen LogP contribution in [0.1, 0.15) is 6.42 Å². The van der Waals surface area contributed by atoms with Crippen LogP contribution >= 0.6 is 12.4 Å². The molecule has 1 heterocycles. The number of rotatable bonds is 4. The maximum atomic E-state index is 11.9. The summed E-state index contributed by atoms with van der Waals surface area (Å²) >= 11 is 0. The molecule has 0 bridgehead atoms. The van der Waals surface area contributed by atoms with Crippen LogP contribution in [0.25, 0.3) is 0 Å². The number of halogens is 1. The number of amides is 2. The number of para-hydroxylation sites is 1. The van der Waals surface area contributed by atoms with Gasteiger partial charge in [-0.2, -0.15) is 0 Å². The number of carbonyl (C=O) groups excluding carboxylic acids is 2. The predicted octanol–water partition coefficient (Wildman–Crippen LogP) is 0.536. The minimum atomic E-state index is -0.274. The third kappa shape index (κ3) is 3.68. The van der Waals surface area contributed by atoms with Crippen molar-refractivity contribution in [3.63, 3.8) is 0 Å². The summed E-state index contributed by atoms with van der Waals surface area (Å²) in [5.74, 6) is -0.370. The van der Waals surface area contributed by atoms with Gasteiger partial charge in [-0.15, -0.1) is 12.4 Å². The molecule has 0 spiro atoms. The molecule has 1 unspecified atom stereocenters. The molecule has 19 heavy (non-hydrogen) atoms. The molecule has 2 rings (SSSR count). The van der Waals surface area contributed by atoms with Gasteiger partial charge in [0.25, 0.3) is 0 Å². The van der Waals surface area contributed by atoms with Crippen molar-refractivity contribution in [2.24, 2.45) is 11.7 Å². The second-order valence-electron chi connectivity index (χ2n) is 4.32. The van der Waals surface area contributed by atoms with E-state index in [-0.39, 0.29) is 36.6 Å². The summed E-state index contributed by atoms with van der Waals surface area (Å²) in [7, 11) is 0. The van der Waals surface area contributed by atoms with E-state index >= 15 is 0 Å². The predicted molar refractivity (Wildman–Crippen MR) is 76.2 cm³/mol. The number of nitrogens with one attached hydrogen (secondary N) is 1. The molecule has 1 aromatic carbocycles. The van der Waals surface area contributed by atoms with Gasteiger partial charge in [0.2, 0.25) is 11.8 Å². The molecule has 1 saturated heterocycles. The zero-order valence-electron chi connectivity index (χ0n) is 10.5. The fourth-order valence-electron chi connectivity index (χ4n) is 2.08. The molecule has 0 aromatic heterocycles. The van der Waals surface area contributed by atoms with Gasteiger partial charge in [-0.1, -0.05) is 18.2 Å². The number of hydrogen-bond donors (Lipinski definition) is 2. The highest BCUT2D eigenvalue weighted by molar-refractivity contribution is 6.00. The third-order valence-corrected chi connectivity index (χ3v) is 3.01. The Morgan fingerprint density at radius 2 is 2.05 bits per heavy atom. The lowest BCUT2D eigenvalue weighted by atomic mass is 10.1. The summed E-state index contributed by atoms with van der Waals surface area (Å²) in [6.45, 7) is 1.31. The Balaban J connectivity index is 0.00000180. The van der Waals surface area contributed by atoms with Gasteiger partial charge in [0.15, 0.2) is 0 Å². The molecule has 3 N–H and O–H groups in total. The topological polar surface area (TPSA) is 75.4 Å². The van der Waals surface area contributed by atoms with Gasteiger partial charge in [-0.05, 0) is 12.1 Å². The molecule has 0 radical (unpaired) electrons. The second-order valence-corrected chi connectivity index (χ2v) is 4.32. The van der Waals surface area contributed by atoms with E-state index < -0.39 is 0 Å². The summed E-state index contributed by atoms with van der Waals surface area (Å²) < 4.78 is 0. The third-order valence-electron chi connectivity index (χ3n) is 3.01. The zero-order chi connectivity index (χ0) is 13.0. The molecule has 2 amide bonds. The number of anilines is 1. The minimum absolute atomic E-state index is 0. The Labute approximate surface area is 118 Å². The molecule has 1 aromatic rings. The van der Waals surface area contributed by atoms with Crippen LogP contribution in [-0.2, 0) is 9.59 Å². The van der Waals surface area contributed by atoms with E-state index in [9.17, 15) is 9.59 Å². The quantitative estimate of drug-likeness (QED) is 0.847. The Bertz CT molecular complexity index is 439. The Morgan fingerprint density at radius 1 is 1.37 bits per heavy atom. The van der Waals surface area contributed by atoms with Gasteiger partial charge in [0, 0.05) is 31.7 Å². The minimum Gasteiger partial charge on any atom is -0.355 e. The first-order valence-electron chi connectivity index (χ1n) is 6.05. The molecule has 1 atom stereocenters. The highest BCUT2D eigenvalue weighted by Crippen LogP contribution is 2.24. The van der Waals surface area contributed by atoms with Crippen LogP contribution in [0.3, 0.4) is 0 Å². The van der Waals surface area contributed by atoms with Crippen LogP contribution in [-0.4, -0.2) is 31.4 Å². The van der Waals surface area contributed by atoms with E-state index in [4.69, 9.17) is 5.73 Å². The highest BCUT2D eigenvalue weighted by Gasteiger charge is 2.34. The van der Waals surface area contributed by atoms with E-state index in [1.807, 2.05) is 30.3 Å². The fourth-order valence-corrected chi connectivity index (χ4v) is 2.08. The number of hydrogen-bond acceptors (Lipinski definition) is 3. The molecule has 5 nitrogen and oxygen atoms in total. The lowest BCUT2D eigenvalue weighted by Crippen LogP contribution is -2.35. The Hall–Kier alpha value is -1.59. The fraction of sp³-hybridized carbons (Fsp3) is 0.385. The van der Waals surface area contributed by atoms with Crippen molar-refractivity contribution in [2.75, 3.05) is 24.5 Å². The summed E-state index contributed by atoms with van der Waals surface area (Å²) in [6.07, 6.45) is 0.269. The summed E-state index contributed by atoms with van der Waals surface area (Å²) in [5, 5.41) is 2.72.